The molecule has 1 saturated heterocycles. The average Bonchev–Trinajstić information content (AvgIpc) is 2.48. The summed E-state index contributed by atoms with van der Waals surface area (Å²) in [5.41, 5.74) is 1.13. The summed E-state index contributed by atoms with van der Waals surface area (Å²) in [7, 11) is 0. The van der Waals surface area contributed by atoms with E-state index in [1.165, 1.54) is 0 Å². The first kappa shape index (κ1) is 15.0. The average molecular weight is 278 g/mol. The van der Waals surface area contributed by atoms with Gasteiger partial charge in [-0.15, -0.1) is 0 Å². The maximum atomic E-state index is 11.9. The number of rotatable bonds is 6. The van der Waals surface area contributed by atoms with Gasteiger partial charge in [0, 0.05) is 13.1 Å². The van der Waals surface area contributed by atoms with Crippen molar-refractivity contribution in [1.82, 2.24) is 10.6 Å². The Morgan fingerprint density at radius 3 is 3.00 bits per heavy atom. The summed E-state index contributed by atoms with van der Waals surface area (Å²) in [5.74, 6) is -0.0273. The minimum atomic E-state index is -0.266. The number of nitrogens with one attached hydrogen (secondary N) is 2. The van der Waals surface area contributed by atoms with Crippen molar-refractivity contribution < 1.29 is 14.3 Å². The maximum Gasteiger partial charge on any atom is 0.239 e. The van der Waals surface area contributed by atoms with Crippen molar-refractivity contribution in [3.63, 3.8) is 0 Å². The molecular formula is C15H22N2O3. The molecular weight excluding hydrogens is 256 g/mol. The minimum Gasteiger partial charge on any atom is -0.375 e. The Morgan fingerprint density at radius 1 is 1.45 bits per heavy atom. The van der Waals surface area contributed by atoms with Crippen LogP contribution in [-0.2, 0) is 20.9 Å². The molecule has 1 amide bonds. The summed E-state index contributed by atoms with van der Waals surface area (Å²) < 4.78 is 11.0. The number of benzene rings is 1. The molecule has 5 heteroatoms. The number of ether oxygens (including phenoxy) is 2. The van der Waals surface area contributed by atoms with Gasteiger partial charge in [0.1, 0.15) is 6.04 Å². The van der Waals surface area contributed by atoms with E-state index in [1.54, 1.807) is 0 Å². The highest BCUT2D eigenvalue weighted by Crippen LogP contribution is 2.04. The Balaban J connectivity index is 1.59. The molecule has 5 nitrogen and oxygen atoms in total. The lowest BCUT2D eigenvalue weighted by molar-refractivity contribution is -0.129. The third-order valence-electron chi connectivity index (χ3n) is 3.26. The second-order valence-electron chi connectivity index (χ2n) is 4.84. The molecule has 1 fully saturated rings. The fraction of sp³-hybridized carbons (Fsp3) is 0.533. The summed E-state index contributed by atoms with van der Waals surface area (Å²) in [6, 6.07) is 9.71. The lowest BCUT2D eigenvalue weighted by Crippen LogP contribution is -2.55. The van der Waals surface area contributed by atoms with Gasteiger partial charge in [-0.05, 0) is 12.5 Å². The lowest BCUT2D eigenvalue weighted by atomic mass is 10.1. The summed E-state index contributed by atoms with van der Waals surface area (Å²) in [5, 5.41) is 6.02. The molecule has 0 unspecified atom stereocenters. The molecule has 2 rings (SSSR count). The maximum absolute atomic E-state index is 11.9. The number of hydrogen-bond acceptors (Lipinski definition) is 4. The van der Waals surface area contributed by atoms with Crippen LogP contribution in [0.3, 0.4) is 0 Å². The Morgan fingerprint density at radius 2 is 2.25 bits per heavy atom. The zero-order chi connectivity index (χ0) is 14.2. The van der Waals surface area contributed by atoms with Crippen LogP contribution in [0, 0.1) is 0 Å². The van der Waals surface area contributed by atoms with E-state index < -0.39 is 0 Å². The summed E-state index contributed by atoms with van der Waals surface area (Å²) in [6.07, 6.45) is -0.0889. The van der Waals surface area contributed by atoms with Crippen LogP contribution in [0.15, 0.2) is 30.3 Å². The monoisotopic (exact) mass is 278 g/mol. The van der Waals surface area contributed by atoms with E-state index in [0.29, 0.717) is 32.9 Å². The van der Waals surface area contributed by atoms with E-state index in [0.717, 1.165) is 5.56 Å². The van der Waals surface area contributed by atoms with Crippen molar-refractivity contribution >= 4 is 5.91 Å². The Labute approximate surface area is 119 Å². The molecule has 110 valence electrons. The van der Waals surface area contributed by atoms with Crippen LogP contribution in [0.5, 0.6) is 0 Å². The Bertz CT molecular complexity index is 411. The highest BCUT2D eigenvalue weighted by molar-refractivity contribution is 5.82. The number of hydrogen-bond donors (Lipinski definition) is 2. The van der Waals surface area contributed by atoms with Crippen molar-refractivity contribution in [2.45, 2.75) is 25.7 Å². The van der Waals surface area contributed by atoms with Gasteiger partial charge in [-0.2, -0.15) is 0 Å². The van der Waals surface area contributed by atoms with Gasteiger partial charge < -0.3 is 20.1 Å². The van der Waals surface area contributed by atoms with Crippen LogP contribution in [-0.4, -0.2) is 44.4 Å². The highest BCUT2D eigenvalue weighted by atomic mass is 16.5. The van der Waals surface area contributed by atoms with Gasteiger partial charge in [-0.3, -0.25) is 4.79 Å². The quantitative estimate of drug-likeness (QED) is 0.752. The molecule has 2 atom stereocenters. The largest absolute Gasteiger partial charge is 0.375 e. The minimum absolute atomic E-state index is 0.0273. The fourth-order valence-electron chi connectivity index (χ4n) is 2.15. The third kappa shape index (κ3) is 4.59. The second kappa shape index (κ2) is 7.99. The summed E-state index contributed by atoms with van der Waals surface area (Å²) in [6.45, 7) is 4.86. The van der Waals surface area contributed by atoms with E-state index in [4.69, 9.17) is 9.47 Å². The van der Waals surface area contributed by atoms with Crippen LogP contribution in [0.2, 0.25) is 0 Å². The molecule has 0 radical (unpaired) electrons. The standard InChI is InChI=1S/C15H22N2O3/c1-12-14(16-8-10-20-12)15(18)17-7-9-19-11-13-5-3-2-4-6-13/h2-6,12,14,16H,7-11H2,1H3,(H,17,18)/t12-,14+/m1/s1. The molecule has 0 saturated carbocycles. The van der Waals surface area contributed by atoms with Crippen LogP contribution in [0.4, 0.5) is 0 Å². The van der Waals surface area contributed by atoms with Crippen LogP contribution >= 0.6 is 0 Å². The van der Waals surface area contributed by atoms with E-state index in [-0.39, 0.29) is 18.1 Å². The van der Waals surface area contributed by atoms with E-state index in [9.17, 15) is 4.79 Å². The fourth-order valence-corrected chi connectivity index (χ4v) is 2.15. The molecule has 1 aliphatic heterocycles. The van der Waals surface area contributed by atoms with Crippen molar-refractivity contribution in [2.24, 2.45) is 0 Å². The second-order valence-corrected chi connectivity index (χ2v) is 4.84. The van der Waals surface area contributed by atoms with E-state index >= 15 is 0 Å². The van der Waals surface area contributed by atoms with Gasteiger partial charge in [-0.1, -0.05) is 30.3 Å². The molecule has 0 bridgehead atoms. The highest BCUT2D eigenvalue weighted by Gasteiger charge is 2.27. The predicted molar refractivity (Wildman–Crippen MR) is 76.3 cm³/mol. The van der Waals surface area contributed by atoms with Crippen LogP contribution in [0.1, 0.15) is 12.5 Å². The van der Waals surface area contributed by atoms with Gasteiger partial charge in [-0.25, -0.2) is 0 Å². The number of carbonyl (C=O) groups is 1. The summed E-state index contributed by atoms with van der Waals surface area (Å²) >= 11 is 0. The van der Waals surface area contributed by atoms with Gasteiger partial charge in [0.05, 0.1) is 25.9 Å². The third-order valence-corrected chi connectivity index (χ3v) is 3.26. The first-order valence-electron chi connectivity index (χ1n) is 7.02. The molecule has 0 spiro atoms. The van der Waals surface area contributed by atoms with Crippen LogP contribution in [0.25, 0.3) is 0 Å². The molecule has 20 heavy (non-hydrogen) atoms. The molecule has 1 aromatic carbocycles. The number of morpholine rings is 1. The van der Waals surface area contributed by atoms with Crippen molar-refractivity contribution in [1.29, 1.82) is 0 Å². The van der Waals surface area contributed by atoms with Crippen molar-refractivity contribution in [3.05, 3.63) is 35.9 Å². The topological polar surface area (TPSA) is 59.6 Å². The first-order chi connectivity index (χ1) is 9.77. The first-order valence-corrected chi connectivity index (χ1v) is 7.02. The van der Waals surface area contributed by atoms with Crippen molar-refractivity contribution in [2.75, 3.05) is 26.3 Å². The van der Waals surface area contributed by atoms with E-state index in [2.05, 4.69) is 10.6 Å². The van der Waals surface area contributed by atoms with Gasteiger partial charge in [0.15, 0.2) is 0 Å². The normalized spacial score (nSPS) is 22.4. The molecule has 1 aliphatic rings. The molecule has 0 aromatic heterocycles. The Kier molecular flexibility index (Phi) is 5.98. The smallest absolute Gasteiger partial charge is 0.239 e. The predicted octanol–water partition coefficient (Wildman–Crippen LogP) is 0.696. The van der Waals surface area contributed by atoms with Gasteiger partial charge >= 0.3 is 0 Å². The van der Waals surface area contributed by atoms with Gasteiger partial charge in [0.25, 0.3) is 0 Å². The Hall–Kier alpha value is -1.43. The zero-order valence-electron chi connectivity index (χ0n) is 11.8. The number of carbonyl (C=O) groups excluding carboxylic acids is 1. The summed E-state index contributed by atoms with van der Waals surface area (Å²) in [4.78, 5) is 11.9. The van der Waals surface area contributed by atoms with Crippen LogP contribution < -0.4 is 10.6 Å². The molecule has 1 heterocycles. The zero-order valence-corrected chi connectivity index (χ0v) is 11.8. The molecule has 2 N–H and O–H groups in total. The van der Waals surface area contributed by atoms with Gasteiger partial charge in [0.2, 0.25) is 5.91 Å². The van der Waals surface area contributed by atoms with Crippen molar-refractivity contribution in [3.8, 4) is 0 Å². The number of amides is 1. The van der Waals surface area contributed by atoms with E-state index in [1.807, 2.05) is 37.3 Å². The molecule has 0 aliphatic carbocycles. The SMILES string of the molecule is C[C@H]1OCCN[C@@H]1C(=O)NCCOCc1ccccc1. The lowest BCUT2D eigenvalue weighted by Gasteiger charge is -2.29. The molecule has 1 aromatic rings.